The van der Waals surface area contributed by atoms with Crippen LogP contribution in [0.2, 0.25) is 0 Å². The molecule has 3 rings (SSSR count). The second kappa shape index (κ2) is 4.38. The summed E-state index contributed by atoms with van der Waals surface area (Å²) in [5.41, 5.74) is 3.47. The van der Waals surface area contributed by atoms with Gasteiger partial charge in [0, 0.05) is 27.8 Å². The number of nitrogens with zero attached hydrogens (tertiary/aromatic N) is 3. The van der Waals surface area contributed by atoms with E-state index < -0.39 is 0 Å². The van der Waals surface area contributed by atoms with E-state index in [1.165, 1.54) is 10.9 Å². The Morgan fingerprint density at radius 3 is 3.06 bits per heavy atom. The topological polar surface area (TPSA) is 30.7 Å². The number of alkyl halides is 1. The normalized spacial score (nSPS) is 11.2. The van der Waals surface area contributed by atoms with Crippen LogP contribution in [0.1, 0.15) is 5.69 Å². The van der Waals surface area contributed by atoms with Gasteiger partial charge in [0.1, 0.15) is 5.01 Å². The molecule has 3 aromatic rings. The van der Waals surface area contributed by atoms with Crippen molar-refractivity contribution in [1.82, 2.24) is 14.8 Å². The summed E-state index contributed by atoms with van der Waals surface area (Å²) in [5, 5.41) is 8.67. The molecule has 0 N–H and O–H groups in total. The molecule has 0 saturated heterocycles. The Hall–Kier alpha value is -0.950. The first-order valence-electron chi connectivity index (χ1n) is 5.21. The number of rotatable bonds is 2. The molecule has 5 heteroatoms. The molecule has 17 heavy (non-hydrogen) atoms. The highest BCUT2D eigenvalue weighted by Crippen LogP contribution is 2.30. The highest BCUT2D eigenvalue weighted by Gasteiger charge is 2.10. The second-order valence-electron chi connectivity index (χ2n) is 3.78. The molecule has 0 amide bonds. The molecule has 0 saturated carbocycles. The van der Waals surface area contributed by atoms with Crippen molar-refractivity contribution in [2.75, 3.05) is 0 Å². The summed E-state index contributed by atoms with van der Waals surface area (Å²) in [6, 6.07) is 6.25. The summed E-state index contributed by atoms with van der Waals surface area (Å²) < 4.78 is 2.85. The minimum absolute atomic E-state index is 0.956. The van der Waals surface area contributed by atoms with Crippen LogP contribution in [0.25, 0.3) is 21.5 Å². The molecule has 2 aromatic heterocycles. The Morgan fingerprint density at radius 1 is 1.41 bits per heavy atom. The highest BCUT2D eigenvalue weighted by atomic mass is 127. The Morgan fingerprint density at radius 2 is 2.29 bits per heavy atom. The van der Waals surface area contributed by atoms with Crippen LogP contribution in [0, 0.1) is 0 Å². The minimum Gasteiger partial charge on any atom is -0.268 e. The van der Waals surface area contributed by atoms with Crippen molar-refractivity contribution in [3.63, 3.8) is 0 Å². The lowest BCUT2D eigenvalue weighted by atomic mass is 10.1. The molecule has 0 aliphatic carbocycles. The zero-order valence-electron chi connectivity index (χ0n) is 9.22. The molecular formula is C12H10IN3S. The zero-order valence-corrected chi connectivity index (χ0v) is 12.2. The van der Waals surface area contributed by atoms with Gasteiger partial charge in [-0.1, -0.05) is 34.7 Å². The van der Waals surface area contributed by atoms with Gasteiger partial charge in [-0.05, 0) is 6.07 Å². The molecule has 3 nitrogen and oxygen atoms in total. The van der Waals surface area contributed by atoms with Crippen LogP contribution in [-0.4, -0.2) is 14.8 Å². The van der Waals surface area contributed by atoms with Gasteiger partial charge in [0.15, 0.2) is 0 Å². The van der Waals surface area contributed by atoms with Crippen LogP contribution in [-0.2, 0) is 11.5 Å². The average molecular weight is 355 g/mol. The van der Waals surface area contributed by atoms with Gasteiger partial charge in [-0.15, -0.1) is 11.3 Å². The van der Waals surface area contributed by atoms with Crippen molar-refractivity contribution in [3.05, 3.63) is 35.5 Å². The quantitative estimate of drug-likeness (QED) is 0.519. The van der Waals surface area contributed by atoms with Crippen molar-refractivity contribution in [2.45, 2.75) is 4.43 Å². The third-order valence-corrected chi connectivity index (χ3v) is 4.42. The lowest BCUT2D eigenvalue weighted by Gasteiger charge is -1.99. The van der Waals surface area contributed by atoms with Crippen LogP contribution in [0.3, 0.4) is 0 Å². The highest BCUT2D eigenvalue weighted by molar-refractivity contribution is 14.1. The molecule has 0 aliphatic rings. The van der Waals surface area contributed by atoms with Gasteiger partial charge in [-0.3, -0.25) is 4.68 Å². The van der Waals surface area contributed by atoms with Gasteiger partial charge < -0.3 is 0 Å². The molecule has 86 valence electrons. The molecule has 0 spiro atoms. The van der Waals surface area contributed by atoms with Crippen LogP contribution < -0.4 is 0 Å². The van der Waals surface area contributed by atoms with Gasteiger partial charge in [-0.25, -0.2) is 4.98 Å². The maximum Gasteiger partial charge on any atom is 0.124 e. The fourth-order valence-corrected chi connectivity index (χ4v) is 3.40. The van der Waals surface area contributed by atoms with Crippen molar-refractivity contribution >= 4 is 44.8 Å². The largest absolute Gasteiger partial charge is 0.268 e. The number of aromatic nitrogens is 3. The minimum atomic E-state index is 0.956. The first-order valence-corrected chi connectivity index (χ1v) is 7.61. The lowest BCUT2D eigenvalue weighted by Crippen LogP contribution is -1.88. The van der Waals surface area contributed by atoms with E-state index in [9.17, 15) is 0 Å². The average Bonchev–Trinajstić information content (AvgIpc) is 2.96. The van der Waals surface area contributed by atoms with E-state index >= 15 is 0 Å². The smallest absolute Gasteiger partial charge is 0.124 e. The van der Waals surface area contributed by atoms with E-state index in [0.29, 0.717) is 0 Å². The fourth-order valence-electron chi connectivity index (χ4n) is 1.86. The van der Waals surface area contributed by atoms with Crippen LogP contribution in [0.4, 0.5) is 0 Å². The summed E-state index contributed by atoms with van der Waals surface area (Å²) in [6.45, 7) is 0. The number of hydrogen-bond donors (Lipinski definition) is 0. The molecular weight excluding hydrogens is 345 g/mol. The second-order valence-corrected chi connectivity index (χ2v) is 5.41. The standard InChI is InChI=1S/C12H10IN3S/c1-16-11-4-2-3-9(10(11)6-14-16)12-15-8(5-13)7-17-12/h2-4,6-7H,5H2,1H3. The van der Waals surface area contributed by atoms with E-state index in [0.717, 1.165) is 20.6 Å². The van der Waals surface area contributed by atoms with Crippen molar-refractivity contribution in [1.29, 1.82) is 0 Å². The number of benzene rings is 1. The summed E-state index contributed by atoms with van der Waals surface area (Å²) in [4.78, 5) is 4.63. The van der Waals surface area contributed by atoms with Gasteiger partial charge >= 0.3 is 0 Å². The molecule has 0 fully saturated rings. The number of halogens is 1. The molecule has 1 aromatic carbocycles. The molecule has 0 radical (unpaired) electrons. The van der Waals surface area contributed by atoms with Gasteiger partial charge in [0.25, 0.3) is 0 Å². The van der Waals surface area contributed by atoms with E-state index in [1.54, 1.807) is 11.3 Å². The van der Waals surface area contributed by atoms with Crippen molar-refractivity contribution in [3.8, 4) is 10.6 Å². The van der Waals surface area contributed by atoms with Crippen molar-refractivity contribution < 1.29 is 0 Å². The third-order valence-electron chi connectivity index (χ3n) is 2.71. The monoisotopic (exact) mass is 355 g/mol. The Labute approximate surface area is 117 Å². The van der Waals surface area contributed by atoms with Crippen LogP contribution in [0.5, 0.6) is 0 Å². The Bertz CT molecular complexity index is 671. The predicted octanol–water partition coefficient (Wildman–Crippen LogP) is 3.63. The molecule has 0 atom stereocenters. The summed E-state index contributed by atoms with van der Waals surface area (Å²) in [5.74, 6) is 0. The van der Waals surface area contributed by atoms with Gasteiger partial charge in [0.2, 0.25) is 0 Å². The maximum absolute atomic E-state index is 4.63. The van der Waals surface area contributed by atoms with E-state index in [1.807, 2.05) is 17.9 Å². The van der Waals surface area contributed by atoms with E-state index in [2.05, 4.69) is 56.3 Å². The lowest BCUT2D eigenvalue weighted by molar-refractivity contribution is 0.797. The molecule has 2 heterocycles. The summed E-state index contributed by atoms with van der Waals surface area (Å²) in [7, 11) is 1.96. The third kappa shape index (κ3) is 1.87. The SMILES string of the molecule is Cn1ncc2c(-c3nc(CI)cs3)cccc21. The van der Waals surface area contributed by atoms with E-state index in [4.69, 9.17) is 0 Å². The summed E-state index contributed by atoms with van der Waals surface area (Å²) >= 11 is 4.03. The predicted molar refractivity (Wildman–Crippen MR) is 79.5 cm³/mol. The van der Waals surface area contributed by atoms with Crippen molar-refractivity contribution in [2.24, 2.45) is 7.05 Å². The maximum atomic E-state index is 4.63. The Kier molecular flexibility index (Phi) is 2.87. The van der Waals surface area contributed by atoms with E-state index in [-0.39, 0.29) is 0 Å². The Balaban J connectivity index is 2.23. The number of thiazole rings is 1. The van der Waals surface area contributed by atoms with Crippen LogP contribution in [0.15, 0.2) is 29.8 Å². The van der Waals surface area contributed by atoms with Gasteiger partial charge in [-0.2, -0.15) is 5.10 Å². The molecule has 0 unspecified atom stereocenters. The number of hydrogen-bond acceptors (Lipinski definition) is 3. The molecule has 0 bridgehead atoms. The zero-order chi connectivity index (χ0) is 11.8. The fraction of sp³-hybridized carbons (Fsp3) is 0.167. The first kappa shape index (κ1) is 11.2. The first-order chi connectivity index (χ1) is 8.29. The van der Waals surface area contributed by atoms with Crippen LogP contribution >= 0.6 is 33.9 Å². The molecule has 0 aliphatic heterocycles. The van der Waals surface area contributed by atoms with Gasteiger partial charge in [0.05, 0.1) is 17.4 Å². The number of aryl methyl sites for hydroxylation is 1. The number of fused-ring (bicyclic) bond motifs is 1. The summed E-state index contributed by atoms with van der Waals surface area (Å²) in [6.07, 6.45) is 1.91.